The van der Waals surface area contributed by atoms with Gasteiger partial charge in [-0.05, 0) is 47.5 Å². The summed E-state index contributed by atoms with van der Waals surface area (Å²) in [6.07, 6.45) is -4.88. The molecule has 36 heavy (non-hydrogen) atoms. The van der Waals surface area contributed by atoms with Gasteiger partial charge < -0.3 is 4.74 Å². The van der Waals surface area contributed by atoms with Crippen molar-refractivity contribution in [2.75, 3.05) is 0 Å². The lowest BCUT2D eigenvalue weighted by atomic mass is 10.0. The largest absolute Gasteiger partial charge is 0.573 e. The van der Waals surface area contributed by atoms with Gasteiger partial charge in [0.05, 0.1) is 11.1 Å². The minimum Gasteiger partial charge on any atom is -0.406 e. The maximum absolute atomic E-state index is 14.1. The van der Waals surface area contributed by atoms with Gasteiger partial charge in [0.2, 0.25) is 0 Å². The normalized spacial score (nSPS) is 11.7. The van der Waals surface area contributed by atoms with E-state index in [1.165, 1.54) is 18.2 Å². The zero-order valence-electron chi connectivity index (χ0n) is 17.9. The van der Waals surface area contributed by atoms with E-state index in [2.05, 4.69) is 9.72 Å². The zero-order chi connectivity index (χ0) is 25.6. The summed E-state index contributed by atoms with van der Waals surface area (Å²) in [6, 6.07) is 14.2. The molecule has 5 aromatic rings. The molecule has 3 aromatic carbocycles. The lowest BCUT2D eigenvalue weighted by molar-refractivity contribution is -0.274. The van der Waals surface area contributed by atoms with Gasteiger partial charge in [-0.15, -0.1) is 24.5 Å². The summed E-state index contributed by atoms with van der Waals surface area (Å²) >= 11 is 1.14. The van der Waals surface area contributed by atoms with Crippen molar-refractivity contribution in [3.63, 3.8) is 0 Å². The molecule has 0 unspecified atom stereocenters. The second-order valence-electron chi connectivity index (χ2n) is 7.67. The average molecular weight is 516 g/mol. The molecule has 0 amide bonds. The molecule has 0 atom stereocenters. The molecule has 0 spiro atoms. The fourth-order valence-corrected chi connectivity index (χ4v) is 4.77. The molecule has 0 bridgehead atoms. The molecule has 0 aliphatic heterocycles. The molecule has 11 heteroatoms. The maximum atomic E-state index is 14.1. The molecular formula is C25H13F5N2O3S. The number of halogens is 5. The number of aromatic nitrogens is 2. The van der Waals surface area contributed by atoms with Crippen LogP contribution < -0.4 is 16.0 Å². The van der Waals surface area contributed by atoms with Crippen molar-refractivity contribution in [1.29, 1.82) is 0 Å². The van der Waals surface area contributed by atoms with E-state index in [1.807, 2.05) is 0 Å². The molecule has 0 aliphatic rings. The number of benzene rings is 3. The van der Waals surface area contributed by atoms with Crippen LogP contribution in [-0.4, -0.2) is 15.9 Å². The number of alkyl halides is 3. The number of aromatic amines is 1. The fraction of sp³-hybridized carbons (Fsp3) is 0.0400. The first kappa shape index (κ1) is 23.5. The van der Waals surface area contributed by atoms with Gasteiger partial charge in [0.25, 0.3) is 5.56 Å². The van der Waals surface area contributed by atoms with Crippen molar-refractivity contribution in [1.82, 2.24) is 9.55 Å². The Balaban J connectivity index is 1.56. The van der Waals surface area contributed by atoms with Crippen molar-refractivity contribution >= 4 is 21.6 Å². The summed E-state index contributed by atoms with van der Waals surface area (Å²) in [5.74, 6) is -1.90. The first-order chi connectivity index (χ1) is 17.1. The van der Waals surface area contributed by atoms with E-state index in [1.54, 1.807) is 29.6 Å². The third-order valence-electron chi connectivity index (χ3n) is 5.40. The maximum Gasteiger partial charge on any atom is 0.573 e. The van der Waals surface area contributed by atoms with Crippen molar-refractivity contribution in [2.24, 2.45) is 0 Å². The Morgan fingerprint density at radius 1 is 0.833 bits per heavy atom. The SMILES string of the molecule is O=c1[nH]c2scc(-c3ccc(-c4ccc(F)cc4F)cc3)c2c(=O)n1-c1ccc(OC(F)(F)F)cc1. The standard InChI is InChI=1S/C25H13F5N2O3S/c26-15-5-10-18(20(27)11-15)13-1-3-14(4-2-13)19-12-36-22-21(19)23(33)32(24(34)31-22)16-6-8-17(9-7-16)35-25(28,29)30/h1-12H,(H,31,34). The van der Waals surface area contributed by atoms with Crippen LogP contribution in [0.15, 0.2) is 81.7 Å². The van der Waals surface area contributed by atoms with E-state index < -0.39 is 35.0 Å². The Hall–Kier alpha value is -4.25. The van der Waals surface area contributed by atoms with Gasteiger partial charge in [0, 0.05) is 22.6 Å². The van der Waals surface area contributed by atoms with E-state index in [0.717, 1.165) is 40.2 Å². The lowest BCUT2D eigenvalue weighted by Crippen LogP contribution is -2.33. The van der Waals surface area contributed by atoms with Gasteiger partial charge in [0.15, 0.2) is 0 Å². The summed E-state index contributed by atoms with van der Waals surface area (Å²) in [7, 11) is 0. The molecule has 2 heterocycles. The van der Waals surface area contributed by atoms with Crippen LogP contribution in [0.4, 0.5) is 22.0 Å². The molecule has 0 saturated heterocycles. The number of thiophene rings is 1. The first-order valence-corrected chi connectivity index (χ1v) is 11.2. The highest BCUT2D eigenvalue weighted by molar-refractivity contribution is 7.17. The summed E-state index contributed by atoms with van der Waals surface area (Å²) in [5.41, 5.74) is 0.462. The molecule has 0 saturated carbocycles. The monoisotopic (exact) mass is 516 g/mol. The Morgan fingerprint density at radius 3 is 2.08 bits per heavy atom. The number of ether oxygens (including phenoxy) is 1. The first-order valence-electron chi connectivity index (χ1n) is 10.3. The van der Waals surface area contributed by atoms with Crippen molar-refractivity contribution in [3.05, 3.63) is 105 Å². The Labute approximate surface area is 202 Å². The lowest BCUT2D eigenvalue weighted by Gasteiger charge is -2.10. The van der Waals surface area contributed by atoms with Crippen LogP contribution in [0.5, 0.6) is 5.75 Å². The molecule has 5 nitrogen and oxygen atoms in total. The molecule has 2 aromatic heterocycles. The molecule has 0 fully saturated rings. The van der Waals surface area contributed by atoms with Crippen LogP contribution >= 0.6 is 11.3 Å². The minimum atomic E-state index is -4.88. The smallest absolute Gasteiger partial charge is 0.406 e. The summed E-state index contributed by atoms with van der Waals surface area (Å²) in [4.78, 5) is 28.9. The third-order valence-corrected chi connectivity index (χ3v) is 6.29. The van der Waals surface area contributed by atoms with E-state index in [0.29, 0.717) is 21.5 Å². The molecular weight excluding hydrogens is 503 g/mol. The van der Waals surface area contributed by atoms with Gasteiger partial charge >= 0.3 is 12.1 Å². The number of nitrogens with zero attached hydrogens (tertiary/aromatic N) is 1. The summed E-state index contributed by atoms with van der Waals surface area (Å²) < 4.78 is 69.3. The van der Waals surface area contributed by atoms with E-state index in [4.69, 9.17) is 0 Å². The van der Waals surface area contributed by atoms with Gasteiger partial charge in [0.1, 0.15) is 22.2 Å². The Bertz CT molecular complexity index is 1700. The summed E-state index contributed by atoms with van der Waals surface area (Å²) in [6.45, 7) is 0. The summed E-state index contributed by atoms with van der Waals surface area (Å²) in [5, 5.41) is 1.89. The highest BCUT2D eigenvalue weighted by Gasteiger charge is 2.31. The van der Waals surface area contributed by atoms with Crippen molar-refractivity contribution in [3.8, 4) is 33.7 Å². The van der Waals surface area contributed by atoms with Crippen molar-refractivity contribution < 1.29 is 26.7 Å². The van der Waals surface area contributed by atoms with Crippen LogP contribution in [0.3, 0.4) is 0 Å². The average Bonchev–Trinajstić information content (AvgIpc) is 3.23. The molecule has 0 radical (unpaired) electrons. The molecule has 0 aliphatic carbocycles. The number of nitrogens with one attached hydrogen (secondary N) is 1. The Kier molecular flexibility index (Phi) is 5.71. The van der Waals surface area contributed by atoms with E-state index >= 15 is 0 Å². The third kappa shape index (κ3) is 4.40. The topological polar surface area (TPSA) is 64.1 Å². The highest BCUT2D eigenvalue weighted by atomic mass is 32.1. The fourth-order valence-electron chi connectivity index (χ4n) is 3.82. The van der Waals surface area contributed by atoms with E-state index in [9.17, 15) is 31.5 Å². The number of rotatable bonds is 4. The molecule has 5 rings (SSSR count). The zero-order valence-corrected chi connectivity index (χ0v) is 18.7. The number of hydrogen-bond donors (Lipinski definition) is 1. The number of fused-ring (bicyclic) bond motifs is 1. The van der Waals surface area contributed by atoms with Gasteiger partial charge in [-0.25, -0.2) is 18.1 Å². The molecule has 1 N–H and O–H groups in total. The number of H-pyrrole nitrogens is 1. The van der Waals surface area contributed by atoms with E-state index in [-0.39, 0.29) is 16.6 Å². The quantitative estimate of drug-likeness (QED) is 0.287. The second kappa shape index (κ2) is 8.76. The van der Waals surface area contributed by atoms with Gasteiger partial charge in [-0.3, -0.25) is 9.78 Å². The van der Waals surface area contributed by atoms with Gasteiger partial charge in [-0.1, -0.05) is 24.3 Å². The van der Waals surface area contributed by atoms with Crippen LogP contribution in [0, 0.1) is 11.6 Å². The molecule has 182 valence electrons. The Morgan fingerprint density at radius 2 is 1.47 bits per heavy atom. The van der Waals surface area contributed by atoms with Crippen LogP contribution in [0.25, 0.3) is 38.2 Å². The second-order valence-corrected chi connectivity index (χ2v) is 8.55. The predicted octanol–water partition coefficient (Wildman–Crippen LogP) is 6.25. The van der Waals surface area contributed by atoms with Crippen LogP contribution in [0.1, 0.15) is 0 Å². The minimum absolute atomic E-state index is 0.0527. The van der Waals surface area contributed by atoms with Gasteiger partial charge in [-0.2, -0.15) is 0 Å². The number of hydrogen-bond acceptors (Lipinski definition) is 4. The highest BCUT2D eigenvalue weighted by Crippen LogP contribution is 2.33. The van der Waals surface area contributed by atoms with Crippen LogP contribution in [-0.2, 0) is 0 Å². The predicted molar refractivity (Wildman–Crippen MR) is 126 cm³/mol. The van der Waals surface area contributed by atoms with Crippen molar-refractivity contribution in [2.45, 2.75) is 6.36 Å². The van der Waals surface area contributed by atoms with Crippen LogP contribution in [0.2, 0.25) is 0 Å².